The van der Waals surface area contributed by atoms with Gasteiger partial charge in [0, 0.05) is 11.3 Å². The number of benzene rings is 2. The van der Waals surface area contributed by atoms with E-state index < -0.39 is 5.97 Å². The first kappa shape index (κ1) is 18.7. The van der Waals surface area contributed by atoms with Crippen molar-refractivity contribution in [2.75, 3.05) is 5.32 Å². The molecule has 5 heteroatoms. The minimum atomic E-state index is -0.943. The molecule has 0 aliphatic carbocycles. The summed E-state index contributed by atoms with van der Waals surface area (Å²) in [6, 6.07) is 11.3. The molecule has 5 nitrogen and oxygen atoms in total. The van der Waals surface area contributed by atoms with Crippen LogP contribution < -0.4 is 5.32 Å². The minimum absolute atomic E-state index is 0.261. The molecule has 0 saturated carbocycles. The van der Waals surface area contributed by atoms with E-state index in [4.69, 9.17) is 4.52 Å². The molecule has 2 aromatic carbocycles. The van der Waals surface area contributed by atoms with Crippen molar-refractivity contribution in [1.29, 1.82) is 0 Å². The molecule has 0 atom stereocenters. The van der Waals surface area contributed by atoms with Crippen molar-refractivity contribution in [3.05, 3.63) is 64.5 Å². The smallest absolute Gasteiger partial charge is 0.337 e. The van der Waals surface area contributed by atoms with Gasteiger partial charge in [-0.05, 0) is 67.6 Å². The van der Waals surface area contributed by atoms with E-state index in [2.05, 4.69) is 36.5 Å². The van der Waals surface area contributed by atoms with Gasteiger partial charge in [-0.2, -0.15) is 0 Å². The number of aryl methyl sites for hydroxylation is 4. The van der Waals surface area contributed by atoms with E-state index in [1.165, 1.54) is 0 Å². The summed E-state index contributed by atoms with van der Waals surface area (Å²) in [6.07, 6.45) is 1.64. The Bertz CT molecular complexity index is 944. The predicted molar refractivity (Wildman–Crippen MR) is 107 cm³/mol. The normalized spacial score (nSPS) is 10.8. The summed E-state index contributed by atoms with van der Waals surface area (Å²) in [5.41, 5.74) is 7.07. The Kier molecular flexibility index (Phi) is 5.31. The van der Waals surface area contributed by atoms with Gasteiger partial charge >= 0.3 is 5.97 Å². The average molecular weight is 364 g/mol. The average Bonchev–Trinajstić information content (AvgIpc) is 3.00. The van der Waals surface area contributed by atoms with Gasteiger partial charge in [-0.3, -0.25) is 0 Å². The highest BCUT2D eigenvalue weighted by Crippen LogP contribution is 2.35. The van der Waals surface area contributed by atoms with Gasteiger partial charge in [-0.25, -0.2) is 4.79 Å². The van der Waals surface area contributed by atoms with Gasteiger partial charge in [-0.1, -0.05) is 31.1 Å². The van der Waals surface area contributed by atoms with Crippen LogP contribution in [0.2, 0.25) is 0 Å². The molecule has 0 aliphatic rings. The first-order chi connectivity index (χ1) is 13.0. The number of aromatic nitrogens is 1. The molecule has 2 N–H and O–H groups in total. The lowest BCUT2D eigenvalue weighted by Gasteiger charge is -2.19. The Morgan fingerprint density at radius 1 is 1.11 bits per heavy atom. The van der Waals surface area contributed by atoms with Crippen molar-refractivity contribution >= 4 is 17.3 Å². The molecule has 0 unspecified atom stereocenters. The Balaban J connectivity index is 2.13. The van der Waals surface area contributed by atoms with E-state index in [9.17, 15) is 9.90 Å². The van der Waals surface area contributed by atoms with Gasteiger partial charge in [0.15, 0.2) is 0 Å². The van der Waals surface area contributed by atoms with Crippen molar-refractivity contribution < 1.29 is 14.4 Å². The topological polar surface area (TPSA) is 75.4 Å². The van der Waals surface area contributed by atoms with Gasteiger partial charge in [-0.15, -0.1) is 0 Å². The van der Waals surface area contributed by atoms with Gasteiger partial charge in [0.05, 0.1) is 16.9 Å². The Hall–Kier alpha value is -3.08. The molecule has 0 bridgehead atoms. The second kappa shape index (κ2) is 7.66. The summed E-state index contributed by atoms with van der Waals surface area (Å²) in [5, 5.41) is 16.9. The standard InChI is InChI=1S/C22H24N2O3/c1-5-15-11-17(20-13(3)24-27-14(20)4)12-16(6-2)21(15)23-19-10-8-7-9-18(19)22(25)26/h7-12,23H,5-6H2,1-4H3,(H,25,26). The lowest BCUT2D eigenvalue weighted by molar-refractivity contribution is 0.0698. The van der Waals surface area contributed by atoms with Crippen molar-refractivity contribution in [1.82, 2.24) is 5.16 Å². The molecule has 27 heavy (non-hydrogen) atoms. The third-order valence-electron chi connectivity index (χ3n) is 4.80. The maximum absolute atomic E-state index is 11.5. The van der Waals surface area contributed by atoms with Gasteiger partial charge < -0.3 is 14.9 Å². The number of nitrogens with zero attached hydrogens (tertiary/aromatic N) is 1. The Labute approximate surface area is 159 Å². The second-order valence-electron chi connectivity index (χ2n) is 6.55. The highest BCUT2D eigenvalue weighted by molar-refractivity contribution is 5.95. The number of carboxylic acid groups (broad SMARTS) is 1. The number of aromatic carboxylic acids is 1. The second-order valence-corrected chi connectivity index (χ2v) is 6.55. The third kappa shape index (κ3) is 3.58. The molecule has 1 aromatic heterocycles. The van der Waals surface area contributed by atoms with Gasteiger partial charge in [0.2, 0.25) is 0 Å². The zero-order chi connectivity index (χ0) is 19.6. The molecule has 0 aliphatic heterocycles. The Morgan fingerprint density at radius 2 is 1.74 bits per heavy atom. The fourth-order valence-electron chi connectivity index (χ4n) is 3.44. The minimum Gasteiger partial charge on any atom is -0.478 e. The largest absolute Gasteiger partial charge is 0.478 e. The molecule has 0 radical (unpaired) electrons. The number of nitrogens with one attached hydrogen (secondary N) is 1. The zero-order valence-electron chi connectivity index (χ0n) is 16.1. The summed E-state index contributed by atoms with van der Waals surface area (Å²) in [4.78, 5) is 11.5. The van der Waals surface area contributed by atoms with E-state index in [0.29, 0.717) is 5.69 Å². The lowest BCUT2D eigenvalue weighted by Crippen LogP contribution is -2.06. The van der Waals surface area contributed by atoms with Crippen LogP contribution in [0.4, 0.5) is 11.4 Å². The fraction of sp³-hybridized carbons (Fsp3) is 0.273. The van der Waals surface area contributed by atoms with E-state index >= 15 is 0 Å². The lowest BCUT2D eigenvalue weighted by atomic mass is 9.94. The number of carboxylic acids is 1. The summed E-state index contributed by atoms with van der Waals surface area (Å²) < 4.78 is 5.33. The van der Waals surface area contributed by atoms with Crippen LogP contribution in [0.25, 0.3) is 11.1 Å². The Morgan fingerprint density at radius 3 is 2.26 bits per heavy atom. The molecule has 0 spiro atoms. The summed E-state index contributed by atoms with van der Waals surface area (Å²) >= 11 is 0. The number of hydrogen-bond acceptors (Lipinski definition) is 4. The maximum atomic E-state index is 11.5. The first-order valence-corrected chi connectivity index (χ1v) is 9.14. The maximum Gasteiger partial charge on any atom is 0.337 e. The first-order valence-electron chi connectivity index (χ1n) is 9.14. The van der Waals surface area contributed by atoms with E-state index in [1.54, 1.807) is 18.2 Å². The molecular weight excluding hydrogens is 340 g/mol. The molecule has 3 aromatic rings. The van der Waals surface area contributed by atoms with Crippen LogP contribution in [-0.2, 0) is 12.8 Å². The van der Waals surface area contributed by atoms with Gasteiger partial charge in [0.1, 0.15) is 5.76 Å². The van der Waals surface area contributed by atoms with E-state index in [-0.39, 0.29) is 5.56 Å². The number of hydrogen-bond donors (Lipinski definition) is 2. The molecule has 140 valence electrons. The number of anilines is 2. The van der Waals surface area contributed by atoms with Crippen molar-refractivity contribution in [2.45, 2.75) is 40.5 Å². The molecular formula is C22H24N2O3. The monoisotopic (exact) mass is 364 g/mol. The number of rotatable bonds is 6. The summed E-state index contributed by atoms with van der Waals surface area (Å²) in [7, 11) is 0. The van der Waals surface area contributed by atoms with E-state index in [1.807, 2.05) is 19.9 Å². The third-order valence-corrected chi connectivity index (χ3v) is 4.80. The van der Waals surface area contributed by atoms with Crippen LogP contribution in [0, 0.1) is 13.8 Å². The summed E-state index contributed by atoms with van der Waals surface area (Å²) in [5.74, 6) is -0.143. The van der Waals surface area contributed by atoms with Crippen LogP contribution in [0.1, 0.15) is 46.8 Å². The van der Waals surface area contributed by atoms with Crippen molar-refractivity contribution in [3.63, 3.8) is 0 Å². The molecule has 0 fully saturated rings. The zero-order valence-corrected chi connectivity index (χ0v) is 16.1. The van der Waals surface area contributed by atoms with Crippen LogP contribution in [0.5, 0.6) is 0 Å². The van der Waals surface area contributed by atoms with Crippen molar-refractivity contribution in [2.24, 2.45) is 0 Å². The highest BCUT2D eigenvalue weighted by atomic mass is 16.5. The van der Waals surface area contributed by atoms with Crippen LogP contribution in [0.3, 0.4) is 0 Å². The summed E-state index contributed by atoms with van der Waals surface area (Å²) in [6.45, 7) is 8.06. The fourth-order valence-corrected chi connectivity index (χ4v) is 3.44. The van der Waals surface area contributed by atoms with E-state index in [0.717, 1.165) is 52.2 Å². The van der Waals surface area contributed by atoms with Crippen molar-refractivity contribution in [3.8, 4) is 11.1 Å². The van der Waals surface area contributed by atoms with Crippen LogP contribution >= 0.6 is 0 Å². The highest BCUT2D eigenvalue weighted by Gasteiger charge is 2.17. The van der Waals surface area contributed by atoms with Crippen LogP contribution in [-0.4, -0.2) is 16.2 Å². The molecule has 1 heterocycles. The quantitative estimate of drug-likeness (QED) is 0.602. The predicted octanol–water partition coefficient (Wildman–Crippen LogP) is 5.53. The number of para-hydroxylation sites is 1. The molecule has 0 amide bonds. The molecule has 0 saturated heterocycles. The SMILES string of the molecule is CCc1cc(-c2c(C)noc2C)cc(CC)c1Nc1ccccc1C(=O)O. The van der Waals surface area contributed by atoms with Crippen LogP contribution in [0.15, 0.2) is 40.9 Å². The number of carbonyl (C=O) groups is 1. The van der Waals surface area contributed by atoms with Gasteiger partial charge in [0.25, 0.3) is 0 Å². The molecule has 3 rings (SSSR count).